The maximum absolute atomic E-state index is 5.65. The summed E-state index contributed by atoms with van der Waals surface area (Å²) in [4.78, 5) is 7.26. The largest absolute Gasteiger partial charge is 0.379 e. The van der Waals surface area contributed by atoms with Crippen molar-refractivity contribution in [3.05, 3.63) is 18.0 Å². The van der Waals surface area contributed by atoms with E-state index in [2.05, 4.69) is 49.2 Å². The Kier molecular flexibility index (Phi) is 6.87. The van der Waals surface area contributed by atoms with Gasteiger partial charge in [0, 0.05) is 40.0 Å². The number of nitrogens with one attached hydrogen (secondary N) is 1. The molecule has 2 rings (SSSR count). The normalized spacial score (nSPS) is 20.2. The van der Waals surface area contributed by atoms with Crippen LogP contribution >= 0.6 is 0 Å². The van der Waals surface area contributed by atoms with Gasteiger partial charge in [-0.05, 0) is 36.7 Å². The summed E-state index contributed by atoms with van der Waals surface area (Å²) >= 11 is 0. The van der Waals surface area contributed by atoms with Crippen LogP contribution in [0, 0.1) is 11.3 Å². The van der Waals surface area contributed by atoms with E-state index in [9.17, 15) is 0 Å². The lowest BCUT2D eigenvalue weighted by molar-refractivity contribution is 0.0240. The van der Waals surface area contributed by atoms with E-state index in [1.54, 1.807) is 7.11 Å². The number of hydrogen-bond acceptors (Lipinski definition) is 3. The summed E-state index contributed by atoms with van der Waals surface area (Å²) < 4.78 is 7.53. The average Bonchev–Trinajstić information content (AvgIpc) is 3.15. The monoisotopic (exact) mass is 349 g/mol. The van der Waals surface area contributed by atoms with E-state index < -0.39 is 0 Å². The smallest absolute Gasteiger partial charge is 0.194 e. The van der Waals surface area contributed by atoms with Crippen LogP contribution in [0.15, 0.2) is 17.4 Å². The maximum Gasteiger partial charge on any atom is 0.194 e. The van der Waals surface area contributed by atoms with Gasteiger partial charge in [0.1, 0.15) is 0 Å². The Labute approximate surface area is 152 Å². The predicted octanol–water partition coefficient (Wildman–Crippen LogP) is 2.31. The molecule has 6 heteroatoms. The molecule has 1 aliphatic heterocycles. The molecular formula is C19H35N5O. The van der Waals surface area contributed by atoms with Crippen LogP contribution in [0.5, 0.6) is 0 Å². The van der Waals surface area contributed by atoms with E-state index in [1.807, 2.05) is 17.9 Å². The minimum absolute atomic E-state index is 0.0867. The van der Waals surface area contributed by atoms with Gasteiger partial charge >= 0.3 is 0 Å². The highest BCUT2D eigenvalue weighted by Gasteiger charge is 2.27. The Balaban J connectivity index is 1.96. The van der Waals surface area contributed by atoms with Gasteiger partial charge < -0.3 is 15.0 Å². The van der Waals surface area contributed by atoms with Crippen LogP contribution in [-0.2, 0) is 18.2 Å². The molecule has 142 valence electrons. The van der Waals surface area contributed by atoms with Crippen molar-refractivity contribution in [1.82, 2.24) is 20.0 Å². The lowest BCUT2D eigenvalue weighted by Crippen LogP contribution is -2.41. The molecule has 2 atom stereocenters. The van der Waals surface area contributed by atoms with E-state index in [1.165, 1.54) is 12.0 Å². The van der Waals surface area contributed by atoms with Gasteiger partial charge in [-0.3, -0.25) is 9.67 Å². The van der Waals surface area contributed by atoms with Crippen LogP contribution in [0.1, 0.15) is 39.7 Å². The summed E-state index contributed by atoms with van der Waals surface area (Å²) in [5.41, 5.74) is 1.41. The second kappa shape index (κ2) is 8.70. The zero-order valence-corrected chi connectivity index (χ0v) is 16.7. The lowest BCUT2D eigenvalue weighted by Gasteiger charge is -2.29. The Bertz CT molecular complexity index is 560. The molecule has 0 aromatic carbocycles. The van der Waals surface area contributed by atoms with Gasteiger partial charge in [-0.25, -0.2) is 0 Å². The summed E-state index contributed by atoms with van der Waals surface area (Å²) in [5, 5.41) is 7.72. The molecule has 0 radical (unpaired) electrons. The standard InChI is InChI=1S/C19H35N5O/c1-7-20-18(21-12-17(25-6)19(2,3)4)24-9-8-15(14-24)10-16-11-22-23(5)13-16/h11,13,15,17H,7-10,12,14H2,1-6H3,(H,20,21). The van der Waals surface area contributed by atoms with Crippen molar-refractivity contribution in [2.24, 2.45) is 23.4 Å². The fourth-order valence-electron chi connectivity index (χ4n) is 3.40. The number of hydrogen-bond donors (Lipinski definition) is 1. The second-order valence-corrected chi connectivity index (χ2v) is 8.11. The van der Waals surface area contributed by atoms with Gasteiger partial charge in [-0.1, -0.05) is 20.8 Å². The second-order valence-electron chi connectivity index (χ2n) is 8.11. The molecule has 0 aliphatic carbocycles. The van der Waals surface area contributed by atoms with Gasteiger partial charge in [0.25, 0.3) is 0 Å². The lowest BCUT2D eigenvalue weighted by atomic mass is 9.89. The average molecular weight is 350 g/mol. The van der Waals surface area contributed by atoms with Crippen LogP contribution in [-0.4, -0.2) is 60.0 Å². The molecule has 1 aliphatic rings. The quantitative estimate of drug-likeness (QED) is 0.632. The fraction of sp³-hybridized carbons (Fsp3) is 0.789. The number of aryl methyl sites for hydroxylation is 1. The highest BCUT2D eigenvalue weighted by molar-refractivity contribution is 5.80. The first-order valence-corrected chi connectivity index (χ1v) is 9.37. The first kappa shape index (κ1) is 19.8. The highest BCUT2D eigenvalue weighted by Crippen LogP contribution is 2.23. The van der Waals surface area contributed by atoms with Crippen LogP contribution in [0.25, 0.3) is 0 Å². The van der Waals surface area contributed by atoms with E-state index in [-0.39, 0.29) is 11.5 Å². The van der Waals surface area contributed by atoms with Crippen LogP contribution in [0.4, 0.5) is 0 Å². The zero-order valence-electron chi connectivity index (χ0n) is 16.7. The number of rotatable bonds is 6. The SMILES string of the molecule is CCNC(=NCC(OC)C(C)(C)C)N1CCC(Cc2cnn(C)c2)C1. The summed E-state index contributed by atoms with van der Waals surface area (Å²) in [6.45, 7) is 12.4. The van der Waals surface area contributed by atoms with Crippen LogP contribution < -0.4 is 5.32 Å². The Hall–Kier alpha value is -1.56. The number of guanidine groups is 1. The molecule has 0 amide bonds. The molecule has 0 saturated carbocycles. The van der Waals surface area contributed by atoms with Crippen LogP contribution in [0.2, 0.25) is 0 Å². The van der Waals surface area contributed by atoms with E-state index >= 15 is 0 Å². The summed E-state index contributed by atoms with van der Waals surface area (Å²) in [5.74, 6) is 1.68. The van der Waals surface area contributed by atoms with Crippen molar-refractivity contribution in [3.63, 3.8) is 0 Å². The topological polar surface area (TPSA) is 54.7 Å². The number of ether oxygens (including phenoxy) is 1. The molecule has 1 aromatic heterocycles. The molecule has 0 bridgehead atoms. The first-order valence-electron chi connectivity index (χ1n) is 9.37. The van der Waals surface area contributed by atoms with Crippen molar-refractivity contribution in [2.75, 3.05) is 33.3 Å². The Morgan fingerprint density at radius 3 is 2.80 bits per heavy atom. The number of nitrogens with zero attached hydrogens (tertiary/aromatic N) is 4. The Morgan fingerprint density at radius 2 is 2.24 bits per heavy atom. The molecular weight excluding hydrogens is 314 g/mol. The molecule has 6 nitrogen and oxygen atoms in total. The number of likely N-dealkylation sites (tertiary alicyclic amines) is 1. The minimum atomic E-state index is 0.0867. The van der Waals surface area contributed by atoms with Crippen molar-refractivity contribution < 1.29 is 4.74 Å². The minimum Gasteiger partial charge on any atom is -0.379 e. The highest BCUT2D eigenvalue weighted by atomic mass is 16.5. The molecule has 0 spiro atoms. The van der Waals surface area contributed by atoms with E-state index in [0.29, 0.717) is 12.5 Å². The third kappa shape index (κ3) is 5.73. The molecule has 1 saturated heterocycles. The van der Waals surface area contributed by atoms with Gasteiger partial charge in [-0.15, -0.1) is 0 Å². The predicted molar refractivity (Wildman–Crippen MR) is 103 cm³/mol. The molecule has 2 unspecified atom stereocenters. The third-order valence-electron chi connectivity index (χ3n) is 4.86. The Morgan fingerprint density at radius 1 is 1.48 bits per heavy atom. The number of methoxy groups -OCH3 is 1. The molecule has 2 heterocycles. The van der Waals surface area contributed by atoms with Gasteiger partial charge in [-0.2, -0.15) is 5.10 Å². The number of aliphatic imine (C=N–C) groups is 1. The molecule has 1 fully saturated rings. The maximum atomic E-state index is 5.65. The summed E-state index contributed by atoms with van der Waals surface area (Å²) in [7, 11) is 3.75. The van der Waals surface area contributed by atoms with E-state index in [4.69, 9.17) is 9.73 Å². The van der Waals surface area contributed by atoms with Crippen molar-refractivity contribution >= 4 is 5.96 Å². The summed E-state index contributed by atoms with van der Waals surface area (Å²) in [6, 6.07) is 0. The summed E-state index contributed by atoms with van der Waals surface area (Å²) in [6.07, 6.45) is 6.51. The van der Waals surface area contributed by atoms with Crippen molar-refractivity contribution in [1.29, 1.82) is 0 Å². The van der Waals surface area contributed by atoms with E-state index in [0.717, 1.165) is 32.0 Å². The van der Waals surface area contributed by atoms with Gasteiger partial charge in [0.15, 0.2) is 5.96 Å². The fourth-order valence-corrected chi connectivity index (χ4v) is 3.40. The van der Waals surface area contributed by atoms with Crippen molar-refractivity contribution in [2.45, 2.75) is 46.6 Å². The van der Waals surface area contributed by atoms with Crippen LogP contribution in [0.3, 0.4) is 0 Å². The molecule has 25 heavy (non-hydrogen) atoms. The van der Waals surface area contributed by atoms with Crippen molar-refractivity contribution in [3.8, 4) is 0 Å². The molecule has 1 aromatic rings. The van der Waals surface area contributed by atoms with Gasteiger partial charge in [0.2, 0.25) is 0 Å². The first-order chi connectivity index (χ1) is 11.8. The zero-order chi connectivity index (χ0) is 18.4. The third-order valence-corrected chi connectivity index (χ3v) is 4.86. The number of aromatic nitrogens is 2. The molecule has 1 N–H and O–H groups in total. The van der Waals surface area contributed by atoms with Gasteiger partial charge in [0.05, 0.1) is 18.8 Å².